The first-order chi connectivity index (χ1) is 10.4. The molecule has 2 aliphatic carbocycles. The quantitative estimate of drug-likeness (QED) is 0.813. The molecule has 1 nitrogen and oxygen atoms in total. The molecule has 1 saturated carbocycles. The Morgan fingerprint density at radius 2 is 2.00 bits per heavy atom. The molecule has 0 bridgehead atoms. The molecule has 0 saturated heterocycles. The van der Waals surface area contributed by atoms with Crippen molar-refractivity contribution in [1.82, 2.24) is 0 Å². The van der Waals surface area contributed by atoms with Crippen LogP contribution in [0.2, 0.25) is 0 Å². The summed E-state index contributed by atoms with van der Waals surface area (Å²) in [6.45, 7) is 9.84. The number of aliphatic hydroxyl groups is 1. The lowest BCUT2D eigenvalue weighted by Gasteiger charge is -2.55. The van der Waals surface area contributed by atoms with Gasteiger partial charge in [-0.05, 0) is 71.5 Å². The van der Waals surface area contributed by atoms with Crippen molar-refractivity contribution in [3.63, 3.8) is 0 Å². The Balaban J connectivity index is 2.02. The minimum Gasteiger partial charge on any atom is -0.396 e. The van der Waals surface area contributed by atoms with Gasteiger partial charge in [-0.2, -0.15) is 0 Å². The van der Waals surface area contributed by atoms with Crippen LogP contribution in [-0.2, 0) is 11.8 Å². The lowest BCUT2D eigenvalue weighted by atomic mass is 9.49. The molecule has 0 aliphatic heterocycles. The highest BCUT2D eigenvalue weighted by Gasteiger charge is 2.51. The van der Waals surface area contributed by atoms with Crippen LogP contribution < -0.4 is 0 Å². The van der Waals surface area contributed by atoms with Gasteiger partial charge < -0.3 is 5.11 Å². The summed E-state index contributed by atoms with van der Waals surface area (Å²) in [5.41, 5.74) is 5.31. The summed E-state index contributed by atoms with van der Waals surface area (Å²) in [5, 5.41) is 9.55. The molecule has 0 spiro atoms. The van der Waals surface area contributed by atoms with Gasteiger partial charge in [-0.15, -0.1) is 0 Å². The number of rotatable bonds is 3. The van der Waals surface area contributed by atoms with Crippen molar-refractivity contribution in [3.8, 4) is 0 Å². The van der Waals surface area contributed by atoms with Gasteiger partial charge in [0.15, 0.2) is 0 Å². The molecule has 1 fully saturated rings. The van der Waals surface area contributed by atoms with Gasteiger partial charge in [0.2, 0.25) is 0 Å². The molecule has 0 aromatic heterocycles. The van der Waals surface area contributed by atoms with Crippen molar-refractivity contribution < 1.29 is 5.11 Å². The van der Waals surface area contributed by atoms with Gasteiger partial charge in [-0.3, -0.25) is 0 Å². The van der Waals surface area contributed by atoms with Crippen LogP contribution in [0.5, 0.6) is 0 Å². The molecule has 0 radical (unpaired) electrons. The Labute approximate surface area is 136 Å². The van der Waals surface area contributed by atoms with Gasteiger partial charge in [-0.1, -0.05) is 52.3 Å². The minimum absolute atomic E-state index is 0.311. The number of benzene rings is 1. The molecular weight excluding hydrogens is 268 g/mol. The van der Waals surface area contributed by atoms with Crippen LogP contribution in [0.3, 0.4) is 0 Å². The molecule has 0 heterocycles. The third-order valence-electron chi connectivity index (χ3n) is 6.85. The maximum absolute atomic E-state index is 9.55. The van der Waals surface area contributed by atoms with Crippen LogP contribution >= 0.6 is 0 Å². The highest BCUT2D eigenvalue weighted by atomic mass is 16.3. The van der Waals surface area contributed by atoms with E-state index in [1.165, 1.54) is 37.7 Å². The monoisotopic (exact) mass is 300 g/mol. The highest BCUT2D eigenvalue weighted by molar-refractivity contribution is 5.42. The summed E-state index contributed by atoms with van der Waals surface area (Å²) in [7, 11) is 0. The Bertz CT molecular complexity index is 543. The Kier molecular flexibility index (Phi) is 4.14. The molecule has 1 aromatic carbocycles. The standard InChI is InChI=1S/C21H32O/c1-15(2)16-6-8-18-17(14-16)7-9-19-20(3,12-13-22)10-5-11-21(18,19)4/h6,8,14-15,19,22H,5,7,9-13H2,1-4H3/t19?,20-,21+/m0/s1. The number of hydrogen-bond acceptors (Lipinski definition) is 1. The fourth-order valence-corrected chi connectivity index (χ4v) is 5.56. The van der Waals surface area contributed by atoms with E-state index in [0.717, 1.165) is 12.3 Å². The second-order valence-corrected chi connectivity index (χ2v) is 8.56. The van der Waals surface area contributed by atoms with E-state index in [0.29, 0.717) is 23.4 Å². The molecule has 0 amide bonds. The zero-order chi connectivity index (χ0) is 16.0. The average Bonchev–Trinajstić information content (AvgIpc) is 2.46. The van der Waals surface area contributed by atoms with Crippen LogP contribution in [0.4, 0.5) is 0 Å². The molecule has 122 valence electrons. The number of aliphatic hydroxyl groups excluding tert-OH is 1. The number of aryl methyl sites for hydroxylation is 1. The first-order valence-corrected chi connectivity index (χ1v) is 9.15. The molecule has 22 heavy (non-hydrogen) atoms. The van der Waals surface area contributed by atoms with Crippen LogP contribution in [0.1, 0.15) is 82.4 Å². The summed E-state index contributed by atoms with van der Waals surface area (Å²) in [4.78, 5) is 0. The van der Waals surface area contributed by atoms with E-state index in [2.05, 4.69) is 45.9 Å². The summed E-state index contributed by atoms with van der Waals surface area (Å²) in [5.74, 6) is 1.33. The third-order valence-corrected chi connectivity index (χ3v) is 6.85. The van der Waals surface area contributed by atoms with Crippen LogP contribution in [0.25, 0.3) is 0 Å². The summed E-state index contributed by atoms with van der Waals surface area (Å²) in [6, 6.07) is 7.26. The largest absolute Gasteiger partial charge is 0.396 e. The predicted molar refractivity (Wildman–Crippen MR) is 93.4 cm³/mol. The Morgan fingerprint density at radius 1 is 1.23 bits per heavy atom. The van der Waals surface area contributed by atoms with Crippen LogP contribution in [0, 0.1) is 11.3 Å². The van der Waals surface area contributed by atoms with Crippen molar-refractivity contribution in [3.05, 3.63) is 34.9 Å². The number of hydrogen-bond donors (Lipinski definition) is 1. The first kappa shape index (κ1) is 16.1. The van der Waals surface area contributed by atoms with Gasteiger partial charge in [0.1, 0.15) is 0 Å². The van der Waals surface area contributed by atoms with Gasteiger partial charge in [0.25, 0.3) is 0 Å². The van der Waals surface area contributed by atoms with Crippen LogP contribution in [0.15, 0.2) is 18.2 Å². The fraction of sp³-hybridized carbons (Fsp3) is 0.714. The molecule has 3 atom stereocenters. The van der Waals surface area contributed by atoms with Gasteiger partial charge in [0.05, 0.1) is 0 Å². The summed E-state index contributed by atoms with van der Waals surface area (Å²) < 4.78 is 0. The molecule has 3 rings (SSSR count). The van der Waals surface area contributed by atoms with Gasteiger partial charge in [-0.25, -0.2) is 0 Å². The second-order valence-electron chi connectivity index (χ2n) is 8.56. The second kappa shape index (κ2) is 5.67. The number of fused-ring (bicyclic) bond motifs is 3. The van der Waals surface area contributed by atoms with E-state index in [-0.39, 0.29) is 0 Å². The van der Waals surface area contributed by atoms with Crippen molar-refractivity contribution >= 4 is 0 Å². The molecule has 1 unspecified atom stereocenters. The topological polar surface area (TPSA) is 20.2 Å². The fourth-order valence-electron chi connectivity index (χ4n) is 5.56. The zero-order valence-electron chi connectivity index (χ0n) is 14.8. The average molecular weight is 300 g/mol. The maximum Gasteiger partial charge on any atom is 0.0436 e. The SMILES string of the molecule is CC(C)c1ccc2c(c1)CCC1[C@](C)(CCO)CCC[C@]21C. The van der Waals surface area contributed by atoms with E-state index >= 15 is 0 Å². The lowest BCUT2D eigenvalue weighted by molar-refractivity contribution is 0.00677. The lowest BCUT2D eigenvalue weighted by Crippen LogP contribution is -2.49. The van der Waals surface area contributed by atoms with E-state index < -0.39 is 0 Å². The summed E-state index contributed by atoms with van der Waals surface area (Å²) in [6.07, 6.45) is 7.38. The van der Waals surface area contributed by atoms with Crippen molar-refractivity contribution in [2.45, 2.75) is 77.6 Å². The smallest absolute Gasteiger partial charge is 0.0436 e. The van der Waals surface area contributed by atoms with Crippen LogP contribution in [-0.4, -0.2) is 11.7 Å². The summed E-state index contributed by atoms with van der Waals surface area (Å²) >= 11 is 0. The molecule has 2 aliphatic rings. The van der Waals surface area contributed by atoms with E-state index in [9.17, 15) is 5.11 Å². The van der Waals surface area contributed by atoms with E-state index in [1.54, 1.807) is 11.1 Å². The Hall–Kier alpha value is -0.820. The predicted octanol–water partition coefficient (Wildman–Crippen LogP) is 5.20. The third kappa shape index (κ3) is 2.42. The maximum atomic E-state index is 9.55. The van der Waals surface area contributed by atoms with Gasteiger partial charge >= 0.3 is 0 Å². The van der Waals surface area contributed by atoms with Gasteiger partial charge in [0, 0.05) is 6.61 Å². The molecular formula is C21H32O. The van der Waals surface area contributed by atoms with E-state index in [4.69, 9.17) is 0 Å². The molecule has 1 heteroatoms. The zero-order valence-corrected chi connectivity index (χ0v) is 14.8. The minimum atomic E-state index is 0.311. The van der Waals surface area contributed by atoms with Crippen molar-refractivity contribution in [2.24, 2.45) is 11.3 Å². The normalized spacial score (nSPS) is 34.4. The highest BCUT2D eigenvalue weighted by Crippen LogP contribution is 2.58. The van der Waals surface area contributed by atoms with Crippen molar-refractivity contribution in [1.29, 1.82) is 0 Å². The molecule has 1 N–H and O–H groups in total. The first-order valence-electron chi connectivity index (χ1n) is 9.15. The van der Waals surface area contributed by atoms with E-state index in [1.807, 2.05) is 0 Å². The van der Waals surface area contributed by atoms with Crippen molar-refractivity contribution in [2.75, 3.05) is 6.61 Å². The Morgan fingerprint density at radius 3 is 2.68 bits per heavy atom. The molecule has 1 aromatic rings.